The first-order valence-electron chi connectivity index (χ1n) is 9.47. The second-order valence-electron chi connectivity index (χ2n) is 6.81. The van der Waals surface area contributed by atoms with E-state index in [0.29, 0.717) is 19.7 Å². The van der Waals surface area contributed by atoms with Gasteiger partial charge in [-0.2, -0.15) is 0 Å². The van der Waals surface area contributed by atoms with Gasteiger partial charge < -0.3 is 15.0 Å². The number of thiazole rings is 1. The summed E-state index contributed by atoms with van der Waals surface area (Å²) in [6.45, 7) is 5.93. The standard InChI is InChI=1S/C22H23N3O2S/c1-3-27-18-10-8-17(9-11-18)23-22(26)25-13-12-19-20(14-25)28-21(24-19)16-6-4-15(2)5-7-16/h4-11H,3,12-14H2,1-2H3,(H,23,26). The number of nitrogens with zero attached hydrogens (tertiary/aromatic N) is 2. The summed E-state index contributed by atoms with van der Waals surface area (Å²) in [6.07, 6.45) is 0.786. The van der Waals surface area contributed by atoms with Crippen LogP contribution in [-0.4, -0.2) is 29.1 Å². The van der Waals surface area contributed by atoms with Crippen LogP contribution in [0.25, 0.3) is 10.6 Å². The van der Waals surface area contributed by atoms with Gasteiger partial charge in [0.05, 0.1) is 18.8 Å². The maximum Gasteiger partial charge on any atom is 0.322 e. The monoisotopic (exact) mass is 393 g/mol. The summed E-state index contributed by atoms with van der Waals surface area (Å²) in [5, 5.41) is 4.00. The summed E-state index contributed by atoms with van der Waals surface area (Å²) in [6, 6.07) is 15.8. The molecule has 1 aliphatic heterocycles. The van der Waals surface area contributed by atoms with Crippen LogP contribution in [0.15, 0.2) is 48.5 Å². The van der Waals surface area contributed by atoms with Crippen molar-refractivity contribution in [3.63, 3.8) is 0 Å². The van der Waals surface area contributed by atoms with Crippen LogP contribution in [0, 0.1) is 6.92 Å². The van der Waals surface area contributed by atoms with E-state index >= 15 is 0 Å². The fraction of sp³-hybridized carbons (Fsp3) is 0.273. The lowest BCUT2D eigenvalue weighted by Gasteiger charge is -2.26. The van der Waals surface area contributed by atoms with Gasteiger partial charge in [-0.3, -0.25) is 0 Å². The molecule has 2 amide bonds. The predicted octanol–water partition coefficient (Wildman–Crippen LogP) is 5.11. The lowest BCUT2D eigenvalue weighted by Crippen LogP contribution is -2.38. The third-order valence-electron chi connectivity index (χ3n) is 4.73. The minimum atomic E-state index is -0.0832. The Bertz CT molecular complexity index is 964. The summed E-state index contributed by atoms with van der Waals surface area (Å²) in [4.78, 5) is 20.5. The molecule has 0 spiro atoms. The first-order valence-corrected chi connectivity index (χ1v) is 10.3. The highest BCUT2D eigenvalue weighted by Gasteiger charge is 2.24. The minimum Gasteiger partial charge on any atom is -0.494 e. The van der Waals surface area contributed by atoms with E-state index in [1.165, 1.54) is 10.4 Å². The molecule has 3 aromatic rings. The van der Waals surface area contributed by atoms with Gasteiger partial charge in [0.15, 0.2) is 0 Å². The van der Waals surface area contributed by atoms with Gasteiger partial charge in [0.25, 0.3) is 0 Å². The average molecular weight is 394 g/mol. The van der Waals surface area contributed by atoms with Gasteiger partial charge in [-0.05, 0) is 38.1 Å². The number of anilines is 1. The van der Waals surface area contributed by atoms with E-state index in [2.05, 4.69) is 36.5 Å². The molecule has 28 heavy (non-hydrogen) atoms. The quantitative estimate of drug-likeness (QED) is 0.670. The molecule has 5 nitrogen and oxygen atoms in total. The summed E-state index contributed by atoms with van der Waals surface area (Å²) in [5.74, 6) is 0.802. The maximum absolute atomic E-state index is 12.7. The van der Waals surface area contributed by atoms with Crippen molar-refractivity contribution in [3.8, 4) is 16.3 Å². The third-order valence-corrected chi connectivity index (χ3v) is 5.87. The normalized spacial score (nSPS) is 13.1. The molecule has 0 radical (unpaired) electrons. The first kappa shape index (κ1) is 18.5. The summed E-state index contributed by atoms with van der Waals surface area (Å²) in [7, 11) is 0. The Morgan fingerprint density at radius 1 is 1.18 bits per heavy atom. The lowest BCUT2D eigenvalue weighted by atomic mass is 10.1. The molecule has 0 unspecified atom stereocenters. The van der Waals surface area contributed by atoms with Crippen LogP contribution >= 0.6 is 11.3 Å². The highest BCUT2D eigenvalue weighted by molar-refractivity contribution is 7.15. The number of fused-ring (bicyclic) bond motifs is 1. The molecule has 1 aromatic heterocycles. The Labute approximate surface area is 169 Å². The topological polar surface area (TPSA) is 54.5 Å². The van der Waals surface area contributed by atoms with Gasteiger partial charge in [-0.15, -0.1) is 11.3 Å². The second-order valence-corrected chi connectivity index (χ2v) is 7.90. The van der Waals surface area contributed by atoms with Gasteiger partial charge in [-0.1, -0.05) is 29.8 Å². The Balaban J connectivity index is 1.43. The number of urea groups is 1. The van der Waals surface area contributed by atoms with E-state index in [1.54, 1.807) is 11.3 Å². The van der Waals surface area contributed by atoms with E-state index in [-0.39, 0.29) is 6.03 Å². The van der Waals surface area contributed by atoms with E-state index < -0.39 is 0 Å². The van der Waals surface area contributed by atoms with Crippen molar-refractivity contribution in [3.05, 3.63) is 64.7 Å². The maximum atomic E-state index is 12.7. The van der Waals surface area contributed by atoms with Crippen molar-refractivity contribution in [1.82, 2.24) is 9.88 Å². The molecule has 0 atom stereocenters. The molecule has 0 bridgehead atoms. The molecule has 0 fully saturated rings. The number of ether oxygens (including phenoxy) is 1. The number of benzene rings is 2. The number of amides is 2. The van der Waals surface area contributed by atoms with Gasteiger partial charge in [0.1, 0.15) is 10.8 Å². The molecular weight excluding hydrogens is 370 g/mol. The zero-order valence-corrected chi connectivity index (χ0v) is 16.9. The smallest absolute Gasteiger partial charge is 0.322 e. The largest absolute Gasteiger partial charge is 0.494 e. The van der Waals surface area contributed by atoms with Crippen LogP contribution in [0.5, 0.6) is 5.75 Å². The highest BCUT2D eigenvalue weighted by Crippen LogP contribution is 2.32. The second kappa shape index (κ2) is 8.02. The van der Waals surface area contributed by atoms with Crippen molar-refractivity contribution >= 4 is 23.1 Å². The van der Waals surface area contributed by atoms with Crippen molar-refractivity contribution in [1.29, 1.82) is 0 Å². The Hall–Kier alpha value is -2.86. The lowest BCUT2D eigenvalue weighted by molar-refractivity contribution is 0.207. The summed E-state index contributed by atoms with van der Waals surface area (Å²) >= 11 is 1.68. The van der Waals surface area contributed by atoms with Crippen molar-refractivity contribution < 1.29 is 9.53 Å². The fourth-order valence-corrected chi connectivity index (χ4v) is 4.32. The molecule has 0 saturated carbocycles. The molecule has 2 heterocycles. The van der Waals surface area contributed by atoms with Gasteiger partial charge in [0, 0.05) is 29.1 Å². The van der Waals surface area contributed by atoms with E-state index in [0.717, 1.165) is 34.1 Å². The fourth-order valence-electron chi connectivity index (χ4n) is 3.19. The molecule has 0 aliphatic carbocycles. The first-order chi connectivity index (χ1) is 13.6. The molecule has 2 aromatic carbocycles. The number of nitrogens with one attached hydrogen (secondary N) is 1. The minimum absolute atomic E-state index is 0.0832. The zero-order valence-electron chi connectivity index (χ0n) is 16.1. The number of carbonyl (C=O) groups excluding carboxylic acids is 1. The van der Waals surface area contributed by atoms with Crippen molar-refractivity contribution in [2.45, 2.75) is 26.8 Å². The number of carbonyl (C=O) groups is 1. The summed E-state index contributed by atoms with van der Waals surface area (Å²) < 4.78 is 5.44. The average Bonchev–Trinajstić information content (AvgIpc) is 3.13. The number of rotatable bonds is 4. The van der Waals surface area contributed by atoms with Gasteiger partial charge >= 0.3 is 6.03 Å². The van der Waals surface area contributed by atoms with Crippen LogP contribution in [0.3, 0.4) is 0 Å². The van der Waals surface area contributed by atoms with Crippen molar-refractivity contribution in [2.75, 3.05) is 18.5 Å². The van der Waals surface area contributed by atoms with Crippen molar-refractivity contribution in [2.24, 2.45) is 0 Å². The number of hydrogen-bond donors (Lipinski definition) is 1. The molecule has 4 rings (SSSR count). The zero-order chi connectivity index (χ0) is 19.5. The van der Waals surface area contributed by atoms with Crippen LogP contribution in [-0.2, 0) is 13.0 Å². The molecule has 1 N–H and O–H groups in total. The Kier molecular flexibility index (Phi) is 5.30. The number of hydrogen-bond acceptors (Lipinski definition) is 4. The van der Waals surface area contributed by atoms with Gasteiger partial charge in [0.2, 0.25) is 0 Å². The molecule has 144 valence electrons. The van der Waals surface area contributed by atoms with Crippen LogP contribution in [0.4, 0.5) is 10.5 Å². The molecule has 6 heteroatoms. The summed E-state index contributed by atoms with van der Waals surface area (Å²) in [5.41, 5.74) is 4.26. The Morgan fingerprint density at radius 3 is 2.64 bits per heavy atom. The van der Waals surface area contributed by atoms with Gasteiger partial charge in [-0.25, -0.2) is 9.78 Å². The third kappa shape index (κ3) is 4.02. The highest BCUT2D eigenvalue weighted by atomic mass is 32.1. The van der Waals surface area contributed by atoms with Crippen LogP contribution < -0.4 is 10.1 Å². The molecule has 1 aliphatic rings. The van der Waals surface area contributed by atoms with Crippen LogP contribution in [0.2, 0.25) is 0 Å². The molecule has 0 saturated heterocycles. The number of aryl methyl sites for hydroxylation is 1. The molecular formula is C22H23N3O2S. The van der Waals surface area contributed by atoms with E-state index in [1.807, 2.05) is 36.1 Å². The van der Waals surface area contributed by atoms with E-state index in [9.17, 15) is 4.79 Å². The van der Waals surface area contributed by atoms with E-state index in [4.69, 9.17) is 9.72 Å². The number of aromatic nitrogens is 1. The Morgan fingerprint density at radius 2 is 1.93 bits per heavy atom. The predicted molar refractivity (Wildman–Crippen MR) is 113 cm³/mol. The van der Waals surface area contributed by atoms with Crippen LogP contribution in [0.1, 0.15) is 23.1 Å². The SMILES string of the molecule is CCOc1ccc(NC(=O)N2CCc3nc(-c4ccc(C)cc4)sc3C2)cc1.